The highest BCUT2D eigenvalue weighted by atomic mass is 16.5. The second kappa shape index (κ2) is 11.3. The fraction of sp³-hybridized carbons (Fsp3) is 0.333. The highest BCUT2D eigenvalue weighted by molar-refractivity contribution is 5.90. The fourth-order valence-corrected chi connectivity index (χ4v) is 3.80. The number of rotatable bonds is 10. The van der Waals surface area contributed by atoms with E-state index in [1.807, 2.05) is 87.5 Å². The van der Waals surface area contributed by atoms with Crippen molar-refractivity contribution < 1.29 is 14.3 Å². The van der Waals surface area contributed by atoms with Gasteiger partial charge in [0.25, 0.3) is 5.91 Å². The molecule has 32 heavy (non-hydrogen) atoms. The van der Waals surface area contributed by atoms with Crippen molar-refractivity contribution in [2.24, 2.45) is 0 Å². The zero-order valence-electron chi connectivity index (χ0n) is 19.1. The first kappa shape index (κ1) is 23.3. The lowest BCUT2D eigenvalue weighted by atomic mass is 10.1. The maximum atomic E-state index is 13.4. The van der Waals surface area contributed by atoms with Gasteiger partial charge in [0.2, 0.25) is 5.91 Å². The van der Waals surface area contributed by atoms with E-state index in [-0.39, 0.29) is 18.4 Å². The van der Waals surface area contributed by atoms with Crippen molar-refractivity contribution in [3.05, 3.63) is 77.9 Å². The molecule has 0 aliphatic heterocycles. The predicted molar refractivity (Wildman–Crippen MR) is 129 cm³/mol. The van der Waals surface area contributed by atoms with E-state index in [9.17, 15) is 9.59 Å². The molecule has 5 nitrogen and oxygen atoms in total. The number of carbonyl (C=O) groups is 2. The number of hydrogen-bond acceptors (Lipinski definition) is 3. The third-order valence-corrected chi connectivity index (χ3v) is 5.64. The molecule has 0 spiro atoms. The Morgan fingerprint density at radius 1 is 0.969 bits per heavy atom. The molecule has 168 valence electrons. The van der Waals surface area contributed by atoms with Crippen LogP contribution in [0.4, 0.5) is 0 Å². The van der Waals surface area contributed by atoms with E-state index < -0.39 is 6.04 Å². The molecule has 0 aliphatic carbocycles. The first-order valence-corrected chi connectivity index (χ1v) is 11.3. The van der Waals surface area contributed by atoms with Crippen LogP contribution in [0.2, 0.25) is 0 Å². The summed E-state index contributed by atoms with van der Waals surface area (Å²) >= 11 is 0. The van der Waals surface area contributed by atoms with Gasteiger partial charge < -0.3 is 15.0 Å². The number of carbonyl (C=O) groups excluding carboxylic acids is 2. The third kappa shape index (κ3) is 5.67. The number of aryl methyl sites for hydroxylation is 1. The molecule has 5 heteroatoms. The van der Waals surface area contributed by atoms with Crippen molar-refractivity contribution in [3.63, 3.8) is 0 Å². The Kier molecular flexibility index (Phi) is 8.26. The van der Waals surface area contributed by atoms with Crippen molar-refractivity contribution in [1.82, 2.24) is 10.2 Å². The van der Waals surface area contributed by atoms with Crippen LogP contribution in [-0.2, 0) is 16.1 Å². The van der Waals surface area contributed by atoms with E-state index in [0.29, 0.717) is 25.3 Å². The molecule has 3 aromatic rings. The molecule has 0 aliphatic rings. The van der Waals surface area contributed by atoms with Gasteiger partial charge >= 0.3 is 0 Å². The molecule has 3 aromatic carbocycles. The van der Waals surface area contributed by atoms with Crippen LogP contribution in [0.25, 0.3) is 10.8 Å². The number of ether oxygens (including phenoxy) is 1. The molecule has 2 amide bonds. The van der Waals surface area contributed by atoms with Crippen LogP contribution >= 0.6 is 0 Å². The molecule has 3 rings (SSSR count). The van der Waals surface area contributed by atoms with Crippen molar-refractivity contribution in [3.8, 4) is 5.75 Å². The normalized spacial score (nSPS) is 11.7. The maximum Gasteiger partial charge on any atom is 0.261 e. The summed E-state index contributed by atoms with van der Waals surface area (Å²) in [6, 6.07) is 21.1. The Morgan fingerprint density at radius 2 is 1.69 bits per heavy atom. The summed E-state index contributed by atoms with van der Waals surface area (Å²) < 4.78 is 5.96. The van der Waals surface area contributed by atoms with Gasteiger partial charge in [-0.15, -0.1) is 0 Å². The summed E-state index contributed by atoms with van der Waals surface area (Å²) in [5.74, 6) is 0.330. The highest BCUT2D eigenvalue weighted by Gasteiger charge is 2.29. The molecule has 0 saturated heterocycles. The number of hydrogen-bond donors (Lipinski definition) is 1. The monoisotopic (exact) mass is 432 g/mol. The first-order chi connectivity index (χ1) is 15.5. The van der Waals surface area contributed by atoms with Crippen molar-refractivity contribution in [2.45, 2.75) is 46.2 Å². The Balaban J connectivity index is 1.83. The van der Waals surface area contributed by atoms with E-state index in [2.05, 4.69) is 5.32 Å². The van der Waals surface area contributed by atoms with E-state index in [1.54, 1.807) is 4.90 Å². The van der Waals surface area contributed by atoms with Crippen molar-refractivity contribution in [1.29, 1.82) is 0 Å². The number of amides is 2. The van der Waals surface area contributed by atoms with E-state index >= 15 is 0 Å². The molecule has 1 atom stereocenters. The van der Waals surface area contributed by atoms with Crippen LogP contribution in [0.15, 0.2) is 66.7 Å². The molecule has 0 aromatic heterocycles. The van der Waals surface area contributed by atoms with Gasteiger partial charge in [-0.25, -0.2) is 0 Å². The summed E-state index contributed by atoms with van der Waals surface area (Å²) in [6.07, 6.45) is 1.37. The Labute approximate surface area is 190 Å². The van der Waals surface area contributed by atoms with Crippen molar-refractivity contribution in [2.75, 3.05) is 13.2 Å². The third-order valence-electron chi connectivity index (χ3n) is 5.64. The van der Waals surface area contributed by atoms with Gasteiger partial charge in [0, 0.05) is 18.5 Å². The van der Waals surface area contributed by atoms with Gasteiger partial charge in [0.15, 0.2) is 6.61 Å². The molecular weight excluding hydrogens is 400 g/mol. The molecular formula is C27H32N2O3. The Hall–Kier alpha value is -3.34. The van der Waals surface area contributed by atoms with Gasteiger partial charge in [-0.2, -0.15) is 0 Å². The predicted octanol–water partition coefficient (Wildman–Crippen LogP) is 4.86. The van der Waals surface area contributed by atoms with Crippen LogP contribution in [0, 0.1) is 6.92 Å². The molecule has 1 unspecified atom stereocenters. The molecule has 0 bridgehead atoms. The number of fused-ring (bicyclic) bond motifs is 1. The Morgan fingerprint density at radius 3 is 2.44 bits per heavy atom. The SMILES string of the molecule is CCCNC(=O)C(CC)N(Cc1ccccc1C)C(=O)COc1cccc2ccccc12. The Bertz CT molecular complexity index is 1060. The first-order valence-electron chi connectivity index (χ1n) is 11.3. The fourth-order valence-electron chi connectivity index (χ4n) is 3.80. The number of nitrogens with one attached hydrogen (secondary N) is 1. The lowest BCUT2D eigenvalue weighted by Crippen LogP contribution is -2.50. The van der Waals surface area contributed by atoms with E-state index in [1.165, 1.54) is 0 Å². The second-order valence-corrected chi connectivity index (χ2v) is 7.93. The highest BCUT2D eigenvalue weighted by Crippen LogP contribution is 2.25. The number of nitrogens with zero attached hydrogens (tertiary/aromatic N) is 1. The summed E-state index contributed by atoms with van der Waals surface area (Å²) in [4.78, 5) is 27.9. The minimum absolute atomic E-state index is 0.124. The molecule has 1 N–H and O–H groups in total. The standard InChI is InChI=1S/C27H32N2O3/c1-4-17-28-27(31)24(5-2)29(18-22-13-7-6-11-20(22)3)26(30)19-32-25-16-10-14-21-12-8-9-15-23(21)25/h6-16,24H,4-5,17-19H2,1-3H3,(H,28,31). The molecule has 0 radical (unpaired) electrons. The van der Waals surface area contributed by atoms with Crippen LogP contribution in [0.3, 0.4) is 0 Å². The van der Waals surface area contributed by atoms with Crippen LogP contribution in [0.5, 0.6) is 5.75 Å². The second-order valence-electron chi connectivity index (χ2n) is 7.93. The van der Waals surface area contributed by atoms with Gasteiger partial charge in [-0.3, -0.25) is 9.59 Å². The number of benzene rings is 3. The van der Waals surface area contributed by atoms with E-state index in [4.69, 9.17) is 4.74 Å². The van der Waals surface area contributed by atoms with Gasteiger partial charge in [-0.1, -0.05) is 74.5 Å². The van der Waals surface area contributed by atoms with Gasteiger partial charge in [-0.05, 0) is 42.3 Å². The van der Waals surface area contributed by atoms with Crippen LogP contribution in [0.1, 0.15) is 37.8 Å². The summed E-state index contributed by atoms with van der Waals surface area (Å²) in [6.45, 7) is 6.78. The molecule has 0 saturated carbocycles. The van der Waals surface area contributed by atoms with Crippen molar-refractivity contribution >= 4 is 22.6 Å². The average Bonchev–Trinajstić information content (AvgIpc) is 2.82. The van der Waals surface area contributed by atoms with Gasteiger partial charge in [0.05, 0.1) is 0 Å². The summed E-state index contributed by atoms with van der Waals surface area (Å²) in [5.41, 5.74) is 2.11. The van der Waals surface area contributed by atoms with Gasteiger partial charge in [0.1, 0.15) is 11.8 Å². The molecule has 0 heterocycles. The molecule has 0 fully saturated rings. The van der Waals surface area contributed by atoms with Crippen LogP contribution in [-0.4, -0.2) is 35.9 Å². The van der Waals surface area contributed by atoms with Crippen LogP contribution < -0.4 is 10.1 Å². The smallest absolute Gasteiger partial charge is 0.261 e. The quantitative estimate of drug-likeness (QED) is 0.498. The van der Waals surface area contributed by atoms with E-state index in [0.717, 1.165) is 28.3 Å². The summed E-state index contributed by atoms with van der Waals surface area (Å²) in [5, 5.41) is 4.96. The minimum Gasteiger partial charge on any atom is -0.483 e. The zero-order chi connectivity index (χ0) is 22.9. The largest absolute Gasteiger partial charge is 0.483 e. The summed E-state index contributed by atoms with van der Waals surface area (Å²) in [7, 11) is 0. The topological polar surface area (TPSA) is 58.6 Å². The minimum atomic E-state index is -0.551. The average molecular weight is 433 g/mol. The zero-order valence-corrected chi connectivity index (χ0v) is 19.1. The lowest BCUT2D eigenvalue weighted by Gasteiger charge is -2.31. The maximum absolute atomic E-state index is 13.4. The lowest BCUT2D eigenvalue weighted by molar-refractivity contribution is -0.142.